The molecule has 58 valence electrons. The molecule has 1 aromatic heterocycles. The summed E-state index contributed by atoms with van der Waals surface area (Å²) in [6, 6.07) is 3.74. The Hall–Kier alpha value is -0.943. The summed E-state index contributed by atoms with van der Waals surface area (Å²) in [6.07, 6.45) is 1.65. The summed E-state index contributed by atoms with van der Waals surface area (Å²) in [5.74, 6) is 3.78. The largest absolute Gasteiger partial charge is 0.456 e. The Bertz CT molecular complexity index is 269. The Labute approximate surface area is 68.4 Å². The number of rotatable bonds is 0. The molecule has 0 aliphatic carbocycles. The summed E-state index contributed by atoms with van der Waals surface area (Å²) in [7, 11) is -1.23. The van der Waals surface area contributed by atoms with Crippen LogP contribution in [0.5, 0.6) is 0 Å². The predicted molar refractivity (Wildman–Crippen MR) is 48.9 cm³/mol. The minimum Gasteiger partial charge on any atom is -0.456 e. The number of furan rings is 1. The first-order chi connectivity index (χ1) is 5.08. The van der Waals surface area contributed by atoms with Crippen LogP contribution in [0, 0.1) is 11.5 Å². The average molecular weight is 164 g/mol. The zero-order valence-corrected chi connectivity index (χ0v) is 8.14. The van der Waals surface area contributed by atoms with E-state index in [1.165, 1.54) is 0 Å². The molecular weight excluding hydrogens is 152 g/mol. The third-order valence-corrected chi connectivity index (χ3v) is 1.96. The molecule has 0 spiro atoms. The van der Waals surface area contributed by atoms with Gasteiger partial charge in [-0.1, -0.05) is 19.6 Å². The van der Waals surface area contributed by atoms with Crippen molar-refractivity contribution in [2.24, 2.45) is 0 Å². The van der Waals surface area contributed by atoms with Gasteiger partial charge < -0.3 is 4.42 Å². The highest BCUT2D eigenvalue weighted by Gasteiger charge is 2.07. The van der Waals surface area contributed by atoms with Gasteiger partial charge in [-0.25, -0.2) is 0 Å². The third-order valence-electron chi connectivity index (χ3n) is 1.08. The lowest BCUT2D eigenvalue weighted by atomic mass is 10.5. The molecule has 0 unspecified atom stereocenters. The minimum absolute atomic E-state index is 0.771. The average Bonchev–Trinajstić information content (AvgIpc) is 2.32. The first-order valence-corrected chi connectivity index (χ1v) is 7.15. The fraction of sp³-hybridized carbons (Fsp3) is 0.333. The Morgan fingerprint density at radius 2 is 2.09 bits per heavy atom. The molecule has 0 atom stereocenters. The molecule has 0 aromatic carbocycles. The van der Waals surface area contributed by atoms with Gasteiger partial charge in [0.2, 0.25) is 0 Å². The van der Waals surface area contributed by atoms with Crippen LogP contribution in [0.2, 0.25) is 19.6 Å². The summed E-state index contributed by atoms with van der Waals surface area (Å²) in [6.45, 7) is 6.63. The zero-order chi connectivity index (χ0) is 8.32. The minimum atomic E-state index is -1.23. The Morgan fingerprint density at radius 3 is 2.55 bits per heavy atom. The van der Waals surface area contributed by atoms with Crippen LogP contribution in [0.4, 0.5) is 0 Å². The molecule has 1 aromatic rings. The topological polar surface area (TPSA) is 13.1 Å². The summed E-state index contributed by atoms with van der Waals surface area (Å²) in [5, 5.41) is 0. The van der Waals surface area contributed by atoms with Crippen molar-refractivity contribution in [2.75, 3.05) is 0 Å². The highest BCUT2D eigenvalue weighted by molar-refractivity contribution is 6.83. The lowest BCUT2D eigenvalue weighted by molar-refractivity contribution is 0.554. The van der Waals surface area contributed by atoms with Crippen LogP contribution < -0.4 is 0 Å². The van der Waals surface area contributed by atoms with Crippen LogP contribution in [-0.4, -0.2) is 8.07 Å². The van der Waals surface area contributed by atoms with Crippen molar-refractivity contribution in [1.82, 2.24) is 0 Å². The molecule has 2 heteroatoms. The summed E-state index contributed by atoms with van der Waals surface area (Å²) < 4.78 is 5.08. The smallest absolute Gasteiger partial charge is 0.176 e. The van der Waals surface area contributed by atoms with Crippen molar-refractivity contribution in [3.8, 4) is 11.5 Å². The van der Waals surface area contributed by atoms with Gasteiger partial charge in [-0.15, -0.1) is 5.54 Å². The van der Waals surface area contributed by atoms with Gasteiger partial charge >= 0.3 is 0 Å². The van der Waals surface area contributed by atoms with Crippen LogP contribution in [0.25, 0.3) is 0 Å². The second-order valence-corrected chi connectivity index (χ2v) is 8.23. The quantitative estimate of drug-likeness (QED) is 0.424. The van der Waals surface area contributed by atoms with Crippen molar-refractivity contribution in [2.45, 2.75) is 19.6 Å². The number of hydrogen-bond donors (Lipinski definition) is 0. The molecule has 1 rings (SSSR count). The van der Waals surface area contributed by atoms with E-state index in [1.807, 2.05) is 12.1 Å². The summed E-state index contributed by atoms with van der Waals surface area (Å²) in [5.41, 5.74) is 3.22. The SMILES string of the molecule is C[Si](C)(C)C#Cc1ccco1. The standard InChI is InChI=1S/C9H12OSi/c1-11(2,3)8-6-9-5-4-7-10-9/h4-5,7H,1-3H3. The first kappa shape index (κ1) is 8.16. The van der Waals surface area contributed by atoms with Crippen molar-refractivity contribution in [3.63, 3.8) is 0 Å². The van der Waals surface area contributed by atoms with E-state index in [-0.39, 0.29) is 0 Å². The molecule has 0 bridgehead atoms. The molecular formula is C9H12OSi. The monoisotopic (exact) mass is 164 g/mol. The van der Waals surface area contributed by atoms with Crippen LogP contribution in [0.1, 0.15) is 5.76 Å². The molecule has 11 heavy (non-hydrogen) atoms. The van der Waals surface area contributed by atoms with Crippen molar-refractivity contribution in [1.29, 1.82) is 0 Å². The lowest BCUT2D eigenvalue weighted by Gasteiger charge is -2.02. The van der Waals surface area contributed by atoms with Crippen molar-refractivity contribution in [3.05, 3.63) is 24.2 Å². The molecule has 0 aliphatic heterocycles. The van der Waals surface area contributed by atoms with E-state index >= 15 is 0 Å². The Balaban J connectivity index is 2.74. The van der Waals surface area contributed by atoms with Gasteiger partial charge in [-0.05, 0) is 18.1 Å². The molecule has 0 saturated heterocycles. The zero-order valence-electron chi connectivity index (χ0n) is 7.14. The molecule has 0 saturated carbocycles. The van der Waals surface area contributed by atoms with E-state index in [2.05, 4.69) is 31.1 Å². The fourth-order valence-electron chi connectivity index (χ4n) is 0.599. The molecule has 0 aliphatic rings. The van der Waals surface area contributed by atoms with Crippen LogP contribution in [0.3, 0.4) is 0 Å². The van der Waals surface area contributed by atoms with Crippen molar-refractivity contribution < 1.29 is 4.42 Å². The van der Waals surface area contributed by atoms with E-state index < -0.39 is 8.07 Å². The van der Waals surface area contributed by atoms with Gasteiger partial charge in [0, 0.05) is 0 Å². The molecule has 1 heterocycles. The summed E-state index contributed by atoms with van der Waals surface area (Å²) >= 11 is 0. The molecule has 0 radical (unpaired) electrons. The lowest BCUT2D eigenvalue weighted by Crippen LogP contribution is -2.16. The van der Waals surface area contributed by atoms with Gasteiger partial charge in [0.25, 0.3) is 0 Å². The molecule has 0 N–H and O–H groups in total. The fourth-order valence-corrected chi connectivity index (χ4v) is 1.10. The van der Waals surface area contributed by atoms with Gasteiger partial charge in [-0.2, -0.15) is 0 Å². The van der Waals surface area contributed by atoms with E-state index in [0.717, 1.165) is 5.76 Å². The van der Waals surface area contributed by atoms with E-state index in [0.29, 0.717) is 0 Å². The Morgan fingerprint density at radius 1 is 1.36 bits per heavy atom. The van der Waals surface area contributed by atoms with Gasteiger partial charge in [0.15, 0.2) is 5.76 Å². The predicted octanol–water partition coefficient (Wildman–Crippen LogP) is 2.51. The third kappa shape index (κ3) is 3.10. The second kappa shape index (κ2) is 2.98. The maximum Gasteiger partial charge on any atom is 0.176 e. The van der Waals surface area contributed by atoms with Gasteiger partial charge in [-0.3, -0.25) is 0 Å². The molecule has 1 nitrogen and oxygen atoms in total. The van der Waals surface area contributed by atoms with Crippen molar-refractivity contribution >= 4 is 8.07 Å². The first-order valence-electron chi connectivity index (χ1n) is 3.65. The number of hydrogen-bond acceptors (Lipinski definition) is 1. The normalized spacial score (nSPS) is 10.5. The van der Waals surface area contributed by atoms with E-state index in [9.17, 15) is 0 Å². The Kier molecular flexibility index (Phi) is 2.21. The highest BCUT2D eigenvalue weighted by Crippen LogP contribution is 2.00. The van der Waals surface area contributed by atoms with Gasteiger partial charge in [0.05, 0.1) is 6.26 Å². The van der Waals surface area contributed by atoms with Crippen LogP contribution in [-0.2, 0) is 0 Å². The maximum atomic E-state index is 5.08. The van der Waals surface area contributed by atoms with E-state index in [4.69, 9.17) is 4.42 Å². The van der Waals surface area contributed by atoms with E-state index in [1.54, 1.807) is 6.26 Å². The highest BCUT2D eigenvalue weighted by atomic mass is 28.3. The maximum absolute atomic E-state index is 5.08. The van der Waals surface area contributed by atoms with Crippen LogP contribution in [0.15, 0.2) is 22.8 Å². The molecule has 0 amide bonds. The van der Waals surface area contributed by atoms with Crippen LogP contribution >= 0.6 is 0 Å². The van der Waals surface area contributed by atoms with Gasteiger partial charge in [0.1, 0.15) is 8.07 Å². The second-order valence-electron chi connectivity index (χ2n) is 3.48. The molecule has 0 fully saturated rings. The summed E-state index contributed by atoms with van der Waals surface area (Å²) in [4.78, 5) is 0.